The van der Waals surface area contributed by atoms with Crippen LogP contribution in [0.15, 0.2) is 17.3 Å². The van der Waals surface area contributed by atoms with Gasteiger partial charge in [-0.15, -0.1) is 0 Å². The maximum atomic E-state index is 10.2. The topological polar surface area (TPSA) is 67.5 Å². The molecule has 0 heterocycles. The molecule has 0 aliphatic carbocycles. The highest BCUT2D eigenvalue weighted by Crippen LogP contribution is 1.96. The van der Waals surface area contributed by atoms with Gasteiger partial charge in [-0.2, -0.15) is 5.10 Å². The lowest BCUT2D eigenvalue weighted by Gasteiger charge is -2.00. The molecule has 0 bridgehead atoms. The van der Waals surface area contributed by atoms with Crippen molar-refractivity contribution in [2.24, 2.45) is 10.8 Å². The molecule has 0 aromatic heterocycles. The number of nitrogens with zero attached hydrogens (tertiary/aromatic N) is 1. The van der Waals surface area contributed by atoms with Crippen molar-refractivity contribution < 1.29 is 4.79 Å². The predicted molar refractivity (Wildman–Crippen MR) is 45.3 cm³/mol. The standard InChI is InChI=1S/C7H13N3O/c1-4-6(5(2)3)9-10-7(8)11/h2,4H2,1,3H3,(H3,8,10,11)/b9-6+. The fourth-order valence-corrected chi connectivity index (χ4v) is 0.599. The summed E-state index contributed by atoms with van der Waals surface area (Å²) in [5.41, 5.74) is 8.54. The fourth-order valence-electron chi connectivity index (χ4n) is 0.599. The summed E-state index contributed by atoms with van der Waals surface area (Å²) in [7, 11) is 0. The van der Waals surface area contributed by atoms with Crippen molar-refractivity contribution >= 4 is 11.7 Å². The molecule has 0 saturated carbocycles. The molecule has 4 nitrogen and oxygen atoms in total. The Hall–Kier alpha value is -1.32. The zero-order valence-electron chi connectivity index (χ0n) is 6.85. The van der Waals surface area contributed by atoms with E-state index in [0.29, 0.717) is 0 Å². The molecule has 0 saturated heterocycles. The number of primary amides is 1. The van der Waals surface area contributed by atoms with E-state index in [2.05, 4.69) is 17.1 Å². The number of carbonyl (C=O) groups excluding carboxylic acids is 1. The van der Waals surface area contributed by atoms with E-state index >= 15 is 0 Å². The lowest BCUT2D eigenvalue weighted by molar-refractivity contribution is 0.249. The highest BCUT2D eigenvalue weighted by atomic mass is 16.2. The molecular formula is C7H13N3O. The lowest BCUT2D eigenvalue weighted by Crippen LogP contribution is -2.25. The van der Waals surface area contributed by atoms with Gasteiger partial charge >= 0.3 is 6.03 Å². The van der Waals surface area contributed by atoms with E-state index in [1.807, 2.05) is 13.8 Å². The summed E-state index contributed by atoms with van der Waals surface area (Å²) in [5.74, 6) is 0. The third kappa shape index (κ3) is 4.13. The van der Waals surface area contributed by atoms with Crippen LogP contribution < -0.4 is 11.2 Å². The number of nitrogens with one attached hydrogen (secondary N) is 1. The van der Waals surface area contributed by atoms with Gasteiger partial charge in [0.2, 0.25) is 0 Å². The van der Waals surface area contributed by atoms with Gasteiger partial charge in [-0.25, -0.2) is 10.2 Å². The molecule has 0 radical (unpaired) electrons. The second kappa shape index (κ2) is 4.49. The number of rotatable bonds is 3. The molecule has 0 fully saturated rings. The van der Waals surface area contributed by atoms with Crippen molar-refractivity contribution in [1.82, 2.24) is 5.43 Å². The summed E-state index contributed by atoms with van der Waals surface area (Å²) in [6, 6.07) is -0.655. The van der Waals surface area contributed by atoms with Crippen molar-refractivity contribution in [3.05, 3.63) is 12.2 Å². The van der Waals surface area contributed by atoms with Crippen molar-refractivity contribution in [2.45, 2.75) is 20.3 Å². The van der Waals surface area contributed by atoms with Crippen LogP contribution in [0, 0.1) is 0 Å². The molecule has 0 spiro atoms. The molecule has 0 rings (SSSR count). The molecule has 4 heteroatoms. The Bertz CT molecular complexity index is 196. The maximum Gasteiger partial charge on any atom is 0.332 e. The number of nitrogens with two attached hydrogens (primary N) is 1. The quantitative estimate of drug-likeness (QED) is 0.463. The first-order valence-corrected chi connectivity index (χ1v) is 3.35. The Balaban J connectivity index is 4.13. The largest absolute Gasteiger partial charge is 0.350 e. The summed E-state index contributed by atoms with van der Waals surface area (Å²) in [5, 5.41) is 3.73. The van der Waals surface area contributed by atoms with E-state index in [9.17, 15) is 4.79 Å². The molecule has 0 aromatic carbocycles. The number of allylic oxidation sites excluding steroid dienone is 1. The summed E-state index contributed by atoms with van der Waals surface area (Å²) in [6.07, 6.45) is 0.732. The van der Waals surface area contributed by atoms with Crippen LogP contribution in [0.1, 0.15) is 20.3 Å². The van der Waals surface area contributed by atoms with Gasteiger partial charge in [0, 0.05) is 0 Å². The molecule has 0 atom stereocenters. The Morgan fingerprint density at radius 1 is 1.73 bits per heavy atom. The third-order valence-electron chi connectivity index (χ3n) is 1.13. The van der Waals surface area contributed by atoms with Gasteiger partial charge in [-0.3, -0.25) is 0 Å². The molecule has 0 unspecified atom stereocenters. The Kier molecular flexibility index (Phi) is 3.95. The SMILES string of the molecule is C=C(C)/C(CC)=N/NC(N)=O. The first kappa shape index (κ1) is 9.68. The van der Waals surface area contributed by atoms with Gasteiger partial charge in [0.05, 0.1) is 5.71 Å². The zero-order valence-corrected chi connectivity index (χ0v) is 6.85. The van der Waals surface area contributed by atoms with Gasteiger partial charge in [-0.05, 0) is 18.9 Å². The third-order valence-corrected chi connectivity index (χ3v) is 1.13. The van der Waals surface area contributed by atoms with Crippen LogP contribution in [0.5, 0.6) is 0 Å². The van der Waals surface area contributed by atoms with Crippen LogP contribution in [-0.2, 0) is 0 Å². The number of carbonyl (C=O) groups is 1. The van der Waals surface area contributed by atoms with Crippen molar-refractivity contribution in [3.63, 3.8) is 0 Å². The van der Waals surface area contributed by atoms with Crippen LogP contribution >= 0.6 is 0 Å². The van der Waals surface area contributed by atoms with Crippen molar-refractivity contribution in [3.8, 4) is 0 Å². The van der Waals surface area contributed by atoms with Gasteiger partial charge in [0.15, 0.2) is 0 Å². The number of amides is 2. The Morgan fingerprint density at radius 3 is 2.55 bits per heavy atom. The van der Waals surface area contributed by atoms with E-state index in [1.165, 1.54) is 0 Å². The van der Waals surface area contributed by atoms with E-state index in [1.54, 1.807) is 0 Å². The molecule has 2 amide bonds. The van der Waals surface area contributed by atoms with E-state index in [0.717, 1.165) is 17.7 Å². The van der Waals surface area contributed by atoms with E-state index in [-0.39, 0.29) is 0 Å². The van der Waals surface area contributed by atoms with Crippen LogP contribution in [-0.4, -0.2) is 11.7 Å². The number of hydrazone groups is 1. The first-order chi connectivity index (χ1) is 5.07. The molecule has 3 N–H and O–H groups in total. The number of hydrogen-bond acceptors (Lipinski definition) is 2. The average molecular weight is 155 g/mol. The Morgan fingerprint density at radius 2 is 2.27 bits per heavy atom. The van der Waals surface area contributed by atoms with Crippen molar-refractivity contribution in [1.29, 1.82) is 0 Å². The normalized spacial score (nSPS) is 10.9. The van der Waals surface area contributed by atoms with Gasteiger partial charge in [-0.1, -0.05) is 13.5 Å². The molecular weight excluding hydrogens is 142 g/mol. The molecule has 0 aliphatic rings. The summed E-state index contributed by atoms with van der Waals surface area (Å²) >= 11 is 0. The summed E-state index contributed by atoms with van der Waals surface area (Å²) in [4.78, 5) is 10.2. The maximum absolute atomic E-state index is 10.2. The second-order valence-electron chi connectivity index (χ2n) is 2.17. The minimum atomic E-state index is -0.655. The van der Waals surface area contributed by atoms with Gasteiger partial charge < -0.3 is 5.73 Å². The van der Waals surface area contributed by atoms with Crippen LogP contribution in [0.25, 0.3) is 0 Å². The predicted octanol–water partition coefficient (Wildman–Crippen LogP) is 0.997. The lowest BCUT2D eigenvalue weighted by atomic mass is 10.2. The summed E-state index contributed by atoms with van der Waals surface area (Å²) < 4.78 is 0. The van der Waals surface area contributed by atoms with Gasteiger partial charge in [0.25, 0.3) is 0 Å². The summed E-state index contributed by atoms with van der Waals surface area (Å²) in [6.45, 7) is 7.43. The highest BCUT2D eigenvalue weighted by Gasteiger charge is 1.96. The van der Waals surface area contributed by atoms with Crippen molar-refractivity contribution in [2.75, 3.05) is 0 Å². The Labute approximate surface area is 66.2 Å². The average Bonchev–Trinajstić information content (AvgIpc) is 1.87. The fraction of sp³-hybridized carbons (Fsp3) is 0.429. The molecule has 62 valence electrons. The molecule has 0 aliphatic heterocycles. The van der Waals surface area contributed by atoms with Crippen LogP contribution in [0.4, 0.5) is 4.79 Å². The molecule has 0 aromatic rings. The monoisotopic (exact) mass is 155 g/mol. The zero-order chi connectivity index (χ0) is 8.85. The highest BCUT2D eigenvalue weighted by molar-refractivity contribution is 5.99. The smallest absolute Gasteiger partial charge is 0.332 e. The number of hydrogen-bond donors (Lipinski definition) is 2. The van der Waals surface area contributed by atoms with Crippen LogP contribution in [0.2, 0.25) is 0 Å². The van der Waals surface area contributed by atoms with E-state index < -0.39 is 6.03 Å². The van der Waals surface area contributed by atoms with Gasteiger partial charge in [0.1, 0.15) is 0 Å². The minimum Gasteiger partial charge on any atom is -0.350 e. The first-order valence-electron chi connectivity index (χ1n) is 3.35. The minimum absolute atomic E-state index is 0.655. The number of urea groups is 1. The van der Waals surface area contributed by atoms with Crippen LogP contribution in [0.3, 0.4) is 0 Å². The molecule has 11 heavy (non-hydrogen) atoms. The second-order valence-corrected chi connectivity index (χ2v) is 2.17. The van der Waals surface area contributed by atoms with E-state index in [4.69, 9.17) is 5.73 Å².